The van der Waals surface area contributed by atoms with Crippen molar-refractivity contribution < 1.29 is 17.9 Å². The molecule has 11 heteroatoms. The van der Waals surface area contributed by atoms with Gasteiger partial charge in [-0.15, -0.1) is 11.8 Å². The molecule has 0 amide bonds. The van der Waals surface area contributed by atoms with Crippen LogP contribution in [0.25, 0.3) is 0 Å². The minimum Gasteiger partial charge on any atom is -0.467 e. The van der Waals surface area contributed by atoms with E-state index in [2.05, 4.69) is 4.90 Å². The van der Waals surface area contributed by atoms with Crippen molar-refractivity contribution in [1.82, 2.24) is 4.90 Å². The van der Waals surface area contributed by atoms with Crippen molar-refractivity contribution in [3.05, 3.63) is 57.5 Å². The molecule has 0 N–H and O–H groups in total. The van der Waals surface area contributed by atoms with E-state index < -0.39 is 16.1 Å². The molecular weight excluding hydrogens is 527 g/mol. The number of rotatable bonds is 9. The molecule has 0 aliphatic carbocycles. The number of thioether (sulfide) groups is 1. The predicted octanol–water partition coefficient (Wildman–Crippen LogP) is 5.56. The molecule has 0 saturated carbocycles. The first-order valence-electron chi connectivity index (χ1n) is 10.3. The number of carbonyl (C=O) groups excluding carboxylic acids is 1. The third-order valence-corrected chi connectivity index (χ3v) is 9.35. The standard InChI is InChI=1S/C22H25Cl3N2O4S2/c1-15(4-3-11-26-12-13-32-21(26)22(28)31-2)27(20-14-17(24)7-10-19(20)25)33(29,30)18-8-5-16(23)6-9-18/h5-10,14-15,21H,3-4,11-13H2,1-2H3/t15-,21?/m1/s1. The van der Waals surface area contributed by atoms with E-state index in [-0.39, 0.29) is 21.3 Å². The number of sulfonamides is 1. The van der Waals surface area contributed by atoms with Crippen LogP contribution in [-0.2, 0) is 19.6 Å². The van der Waals surface area contributed by atoms with Crippen LogP contribution in [0, 0.1) is 0 Å². The summed E-state index contributed by atoms with van der Waals surface area (Å²) < 4.78 is 33.5. The van der Waals surface area contributed by atoms with Gasteiger partial charge in [-0.3, -0.25) is 9.21 Å². The fraction of sp³-hybridized carbons (Fsp3) is 0.409. The first-order valence-corrected chi connectivity index (χ1v) is 14.0. The number of ether oxygens (including phenoxy) is 1. The molecule has 2 atom stereocenters. The van der Waals surface area contributed by atoms with Crippen LogP contribution in [0.15, 0.2) is 47.4 Å². The maximum atomic E-state index is 13.7. The van der Waals surface area contributed by atoms with Crippen molar-refractivity contribution in [3.8, 4) is 0 Å². The Labute approximate surface area is 214 Å². The average Bonchev–Trinajstić information content (AvgIpc) is 3.24. The van der Waals surface area contributed by atoms with Gasteiger partial charge >= 0.3 is 5.97 Å². The topological polar surface area (TPSA) is 66.9 Å². The number of anilines is 1. The summed E-state index contributed by atoms with van der Waals surface area (Å²) in [6.07, 6.45) is 1.23. The monoisotopic (exact) mass is 550 g/mol. The molecular formula is C22H25Cl3N2O4S2. The van der Waals surface area contributed by atoms with Crippen molar-refractivity contribution in [2.75, 3.05) is 30.3 Å². The van der Waals surface area contributed by atoms with Crippen LogP contribution in [0.3, 0.4) is 0 Å². The Hall–Kier alpha value is -1.16. The molecule has 2 aromatic rings. The SMILES string of the molecule is COC(=O)C1SCCN1CCC[C@@H](C)N(c1cc(Cl)ccc1Cl)S(=O)(=O)c1ccc(Cl)cc1. The number of carbonyl (C=O) groups is 1. The average molecular weight is 552 g/mol. The minimum atomic E-state index is -3.95. The second-order valence-corrected chi connectivity index (χ2v) is 11.9. The second-order valence-electron chi connectivity index (χ2n) is 7.62. The van der Waals surface area contributed by atoms with Crippen molar-refractivity contribution in [3.63, 3.8) is 0 Å². The first-order chi connectivity index (χ1) is 15.6. The lowest BCUT2D eigenvalue weighted by molar-refractivity contribution is -0.143. The van der Waals surface area contributed by atoms with E-state index in [1.807, 2.05) is 6.92 Å². The van der Waals surface area contributed by atoms with Crippen LogP contribution in [-0.4, -0.2) is 56.7 Å². The van der Waals surface area contributed by atoms with Gasteiger partial charge in [0.25, 0.3) is 10.0 Å². The van der Waals surface area contributed by atoms with E-state index in [4.69, 9.17) is 39.5 Å². The molecule has 1 aliphatic rings. The highest BCUT2D eigenvalue weighted by Crippen LogP contribution is 2.36. The second kappa shape index (κ2) is 11.5. The van der Waals surface area contributed by atoms with Crippen LogP contribution >= 0.6 is 46.6 Å². The van der Waals surface area contributed by atoms with Gasteiger partial charge in [0.2, 0.25) is 0 Å². The number of benzene rings is 2. The Balaban J connectivity index is 1.84. The lowest BCUT2D eigenvalue weighted by Gasteiger charge is -2.32. The molecule has 3 rings (SSSR count). The van der Waals surface area contributed by atoms with E-state index in [1.54, 1.807) is 30.0 Å². The summed E-state index contributed by atoms with van der Waals surface area (Å²) in [6.45, 7) is 3.27. The summed E-state index contributed by atoms with van der Waals surface area (Å²) in [5, 5.41) is 0.790. The molecule has 1 saturated heterocycles. The Bertz CT molecular complexity index is 1080. The van der Waals surface area contributed by atoms with Gasteiger partial charge in [0, 0.05) is 28.4 Å². The van der Waals surface area contributed by atoms with Crippen molar-refractivity contribution in [2.24, 2.45) is 0 Å². The molecule has 1 unspecified atom stereocenters. The van der Waals surface area contributed by atoms with Crippen LogP contribution in [0.4, 0.5) is 5.69 Å². The summed E-state index contributed by atoms with van der Waals surface area (Å²) in [4.78, 5) is 14.2. The molecule has 0 radical (unpaired) electrons. The normalized spacial score (nSPS) is 17.7. The molecule has 1 fully saturated rings. The Morgan fingerprint density at radius 3 is 2.52 bits per heavy atom. The summed E-state index contributed by atoms with van der Waals surface area (Å²) in [5.41, 5.74) is 0.316. The zero-order valence-electron chi connectivity index (χ0n) is 18.2. The number of methoxy groups -OCH3 is 1. The Morgan fingerprint density at radius 1 is 1.18 bits per heavy atom. The Kier molecular flexibility index (Phi) is 9.23. The van der Waals surface area contributed by atoms with Gasteiger partial charge in [-0.25, -0.2) is 13.2 Å². The van der Waals surface area contributed by atoms with Crippen molar-refractivity contribution in [1.29, 1.82) is 0 Å². The van der Waals surface area contributed by atoms with Crippen LogP contribution < -0.4 is 4.31 Å². The molecule has 180 valence electrons. The van der Waals surface area contributed by atoms with Crippen LogP contribution in [0.1, 0.15) is 19.8 Å². The van der Waals surface area contributed by atoms with Gasteiger partial charge in [0.05, 0.1) is 22.7 Å². The van der Waals surface area contributed by atoms with Gasteiger partial charge in [0.15, 0.2) is 5.37 Å². The van der Waals surface area contributed by atoms with Crippen molar-refractivity contribution in [2.45, 2.75) is 36.1 Å². The number of hydrogen-bond acceptors (Lipinski definition) is 6. The fourth-order valence-corrected chi connectivity index (χ4v) is 7.20. The lowest BCUT2D eigenvalue weighted by atomic mass is 10.1. The quantitative estimate of drug-likeness (QED) is 0.380. The number of hydrogen-bond donors (Lipinski definition) is 0. The molecule has 33 heavy (non-hydrogen) atoms. The van der Waals surface area contributed by atoms with E-state index in [0.717, 1.165) is 12.3 Å². The first kappa shape index (κ1) is 26.4. The van der Waals surface area contributed by atoms with Gasteiger partial charge < -0.3 is 4.74 Å². The molecule has 6 nitrogen and oxygen atoms in total. The molecule has 0 aromatic heterocycles. The number of halogens is 3. The van der Waals surface area contributed by atoms with Crippen LogP contribution in [0.2, 0.25) is 15.1 Å². The fourth-order valence-electron chi connectivity index (χ4n) is 3.74. The number of esters is 1. The third-order valence-electron chi connectivity index (χ3n) is 5.37. The van der Waals surface area contributed by atoms with E-state index in [0.29, 0.717) is 35.1 Å². The summed E-state index contributed by atoms with van der Waals surface area (Å²) in [6, 6.07) is 10.3. The van der Waals surface area contributed by atoms with Gasteiger partial charge in [-0.1, -0.05) is 34.8 Å². The zero-order valence-corrected chi connectivity index (χ0v) is 22.1. The molecule has 1 heterocycles. The lowest BCUT2D eigenvalue weighted by Crippen LogP contribution is -2.40. The molecule has 1 aliphatic heterocycles. The summed E-state index contributed by atoms with van der Waals surface area (Å²) in [5.74, 6) is 0.591. The van der Waals surface area contributed by atoms with Crippen LogP contribution in [0.5, 0.6) is 0 Å². The van der Waals surface area contributed by atoms with Crippen molar-refractivity contribution >= 4 is 68.2 Å². The highest BCUT2D eigenvalue weighted by Gasteiger charge is 2.34. The largest absolute Gasteiger partial charge is 0.467 e. The summed E-state index contributed by atoms with van der Waals surface area (Å²) >= 11 is 20.1. The van der Waals surface area contributed by atoms with E-state index >= 15 is 0 Å². The maximum absolute atomic E-state index is 13.7. The third kappa shape index (κ3) is 6.29. The highest BCUT2D eigenvalue weighted by molar-refractivity contribution is 8.00. The van der Waals surface area contributed by atoms with E-state index in [1.165, 1.54) is 35.7 Å². The summed E-state index contributed by atoms with van der Waals surface area (Å²) in [7, 11) is -2.56. The maximum Gasteiger partial charge on any atom is 0.333 e. The van der Waals surface area contributed by atoms with Gasteiger partial charge in [-0.2, -0.15) is 0 Å². The van der Waals surface area contributed by atoms with Gasteiger partial charge in [0.1, 0.15) is 0 Å². The Morgan fingerprint density at radius 2 is 1.85 bits per heavy atom. The highest BCUT2D eigenvalue weighted by atomic mass is 35.5. The molecule has 0 bridgehead atoms. The molecule has 0 spiro atoms. The van der Waals surface area contributed by atoms with E-state index in [9.17, 15) is 13.2 Å². The minimum absolute atomic E-state index is 0.108. The smallest absolute Gasteiger partial charge is 0.333 e. The predicted molar refractivity (Wildman–Crippen MR) is 136 cm³/mol. The van der Waals surface area contributed by atoms with Gasteiger partial charge in [-0.05, 0) is 68.8 Å². The molecule has 2 aromatic carbocycles. The number of nitrogens with zero attached hydrogens (tertiary/aromatic N) is 2. The zero-order chi connectivity index (χ0) is 24.2.